The van der Waals surface area contributed by atoms with Crippen molar-refractivity contribution in [3.63, 3.8) is 0 Å². The highest BCUT2D eigenvalue weighted by Crippen LogP contribution is 2.31. The van der Waals surface area contributed by atoms with Crippen LogP contribution in [0.4, 0.5) is 0 Å². The highest BCUT2D eigenvalue weighted by Gasteiger charge is 2.31. The quantitative estimate of drug-likeness (QED) is 0.592. The van der Waals surface area contributed by atoms with E-state index in [-0.39, 0.29) is 18.4 Å². The predicted molar refractivity (Wildman–Crippen MR) is 35.6 cm³/mol. The number of aliphatic hydroxyl groups excluding tert-OH is 1. The van der Waals surface area contributed by atoms with E-state index >= 15 is 0 Å². The SMILES string of the molecule is O=C(O)C1CCCC1CO. The van der Waals surface area contributed by atoms with Gasteiger partial charge in [-0.2, -0.15) is 0 Å². The van der Waals surface area contributed by atoms with Crippen molar-refractivity contribution < 1.29 is 15.0 Å². The summed E-state index contributed by atoms with van der Waals surface area (Å²) in [6, 6.07) is 0. The molecule has 1 aliphatic rings. The Morgan fingerprint density at radius 1 is 1.50 bits per heavy atom. The topological polar surface area (TPSA) is 57.5 Å². The average Bonchev–Trinajstić information content (AvgIpc) is 2.33. The van der Waals surface area contributed by atoms with Gasteiger partial charge in [-0.15, -0.1) is 0 Å². The molecule has 1 saturated carbocycles. The minimum absolute atomic E-state index is 0.0116. The van der Waals surface area contributed by atoms with Gasteiger partial charge in [0.1, 0.15) is 0 Å². The zero-order valence-electron chi connectivity index (χ0n) is 5.79. The van der Waals surface area contributed by atoms with Crippen LogP contribution >= 0.6 is 0 Å². The first-order chi connectivity index (χ1) is 4.75. The highest BCUT2D eigenvalue weighted by molar-refractivity contribution is 5.70. The van der Waals surface area contributed by atoms with Crippen LogP contribution in [-0.4, -0.2) is 22.8 Å². The molecule has 3 heteroatoms. The van der Waals surface area contributed by atoms with E-state index < -0.39 is 5.97 Å². The number of hydrogen-bond donors (Lipinski definition) is 2. The molecule has 0 aromatic heterocycles. The minimum atomic E-state index is -0.753. The van der Waals surface area contributed by atoms with Gasteiger partial charge in [0.2, 0.25) is 0 Å². The van der Waals surface area contributed by atoms with Gasteiger partial charge in [0.25, 0.3) is 0 Å². The van der Waals surface area contributed by atoms with Crippen molar-refractivity contribution in [1.29, 1.82) is 0 Å². The number of carbonyl (C=O) groups is 1. The molecular weight excluding hydrogens is 132 g/mol. The second kappa shape index (κ2) is 3.01. The lowest BCUT2D eigenvalue weighted by atomic mass is 9.97. The summed E-state index contributed by atoms with van der Waals surface area (Å²) < 4.78 is 0. The Morgan fingerprint density at radius 2 is 2.20 bits per heavy atom. The first kappa shape index (κ1) is 7.54. The van der Waals surface area contributed by atoms with Gasteiger partial charge in [0.15, 0.2) is 0 Å². The molecule has 0 saturated heterocycles. The van der Waals surface area contributed by atoms with Crippen LogP contribution in [0.25, 0.3) is 0 Å². The van der Waals surface area contributed by atoms with Gasteiger partial charge in [0, 0.05) is 6.61 Å². The maximum Gasteiger partial charge on any atom is 0.306 e. The van der Waals surface area contributed by atoms with E-state index in [2.05, 4.69) is 0 Å². The van der Waals surface area contributed by atoms with E-state index in [1.807, 2.05) is 0 Å². The number of rotatable bonds is 2. The Morgan fingerprint density at radius 3 is 2.60 bits per heavy atom. The lowest BCUT2D eigenvalue weighted by Gasteiger charge is -2.10. The summed E-state index contributed by atoms with van der Waals surface area (Å²) in [7, 11) is 0. The molecule has 0 bridgehead atoms. The fourth-order valence-corrected chi connectivity index (χ4v) is 1.58. The Labute approximate surface area is 59.7 Å². The van der Waals surface area contributed by atoms with E-state index in [0.29, 0.717) is 0 Å². The first-order valence-corrected chi connectivity index (χ1v) is 3.59. The van der Waals surface area contributed by atoms with Gasteiger partial charge in [0.05, 0.1) is 5.92 Å². The summed E-state index contributed by atoms with van der Waals surface area (Å²) in [5.74, 6) is -1.03. The zero-order chi connectivity index (χ0) is 7.56. The molecule has 0 spiro atoms. The molecule has 2 atom stereocenters. The van der Waals surface area contributed by atoms with Crippen LogP contribution in [0.1, 0.15) is 19.3 Å². The first-order valence-electron chi connectivity index (χ1n) is 3.59. The molecule has 2 N–H and O–H groups in total. The van der Waals surface area contributed by atoms with Crippen molar-refractivity contribution in [1.82, 2.24) is 0 Å². The van der Waals surface area contributed by atoms with E-state index in [1.165, 1.54) is 0 Å². The average molecular weight is 144 g/mol. The minimum Gasteiger partial charge on any atom is -0.481 e. The summed E-state index contributed by atoms with van der Waals surface area (Å²) in [6.45, 7) is 0.0248. The lowest BCUT2D eigenvalue weighted by molar-refractivity contribution is -0.143. The second-order valence-corrected chi connectivity index (χ2v) is 2.82. The van der Waals surface area contributed by atoms with Crippen LogP contribution in [0.5, 0.6) is 0 Å². The van der Waals surface area contributed by atoms with Crippen LogP contribution < -0.4 is 0 Å². The molecule has 0 aromatic rings. The van der Waals surface area contributed by atoms with Crippen LogP contribution in [0, 0.1) is 11.8 Å². The lowest BCUT2D eigenvalue weighted by Crippen LogP contribution is -2.20. The van der Waals surface area contributed by atoms with Gasteiger partial charge in [-0.3, -0.25) is 4.79 Å². The summed E-state index contributed by atoms with van der Waals surface area (Å²) in [5, 5.41) is 17.3. The Bertz CT molecular complexity index is 133. The molecule has 58 valence electrons. The third kappa shape index (κ3) is 1.29. The summed E-state index contributed by atoms with van der Waals surface area (Å²) in [5.41, 5.74) is 0. The molecule has 0 aliphatic heterocycles. The van der Waals surface area contributed by atoms with E-state index in [1.54, 1.807) is 0 Å². The normalized spacial score (nSPS) is 32.5. The maximum absolute atomic E-state index is 10.5. The molecule has 10 heavy (non-hydrogen) atoms. The molecule has 0 heterocycles. The van der Waals surface area contributed by atoms with Crippen LogP contribution in [0.15, 0.2) is 0 Å². The van der Waals surface area contributed by atoms with Gasteiger partial charge >= 0.3 is 5.97 Å². The molecule has 0 aromatic carbocycles. The van der Waals surface area contributed by atoms with Crippen molar-refractivity contribution in [2.75, 3.05) is 6.61 Å². The fourth-order valence-electron chi connectivity index (χ4n) is 1.58. The molecule has 0 amide bonds. The molecule has 2 unspecified atom stereocenters. The van der Waals surface area contributed by atoms with E-state index in [9.17, 15) is 4.79 Å². The van der Waals surface area contributed by atoms with Crippen molar-refractivity contribution in [2.24, 2.45) is 11.8 Å². The third-order valence-electron chi connectivity index (χ3n) is 2.21. The number of hydrogen-bond acceptors (Lipinski definition) is 2. The molecule has 1 rings (SSSR count). The van der Waals surface area contributed by atoms with Crippen LogP contribution in [-0.2, 0) is 4.79 Å². The largest absolute Gasteiger partial charge is 0.481 e. The van der Waals surface area contributed by atoms with Gasteiger partial charge in [-0.05, 0) is 18.8 Å². The molecule has 0 radical (unpaired) electrons. The molecule has 3 nitrogen and oxygen atoms in total. The Hall–Kier alpha value is -0.570. The van der Waals surface area contributed by atoms with E-state index in [4.69, 9.17) is 10.2 Å². The molecule has 1 fully saturated rings. The van der Waals surface area contributed by atoms with Gasteiger partial charge in [-0.25, -0.2) is 0 Å². The summed E-state index contributed by atoms with van der Waals surface area (Å²) in [4.78, 5) is 10.5. The monoisotopic (exact) mass is 144 g/mol. The third-order valence-corrected chi connectivity index (χ3v) is 2.21. The van der Waals surface area contributed by atoms with Crippen LogP contribution in [0.2, 0.25) is 0 Å². The fraction of sp³-hybridized carbons (Fsp3) is 0.857. The number of aliphatic carboxylic acids is 1. The smallest absolute Gasteiger partial charge is 0.306 e. The van der Waals surface area contributed by atoms with E-state index in [0.717, 1.165) is 19.3 Å². The van der Waals surface area contributed by atoms with Gasteiger partial charge < -0.3 is 10.2 Å². The number of aliphatic hydroxyl groups is 1. The van der Waals surface area contributed by atoms with Crippen LogP contribution in [0.3, 0.4) is 0 Å². The standard InChI is InChI=1S/C7H12O3/c8-4-5-2-1-3-6(5)7(9)10/h5-6,8H,1-4H2,(H,9,10). The summed E-state index contributed by atoms with van der Waals surface area (Å²) >= 11 is 0. The maximum atomic E-state index is 10.5. The molecular formula is C7H12O3. The Balaban J connectivity index is 2.50. The van der Waals surface area contributed by atoms with Crippen molar-refractivity contribution >= 4 is 5.97 Å². The van der Waals surface area contributed by atoms with Crippen molar-refractivity contribution in [2.45, 2.75) is 19.3 Å². The number of carboxylic acid groups (broad SMARTS) is 1. The zero-order valence-corrected chi connectivity index (χ0v) is 5.79. The highest BCUT2D eigenvalue weighted by atomic mass is 16.4. The predicted octanol–water partition coefficient (Wildman–Crippen LogP) is 0.480. The number of carboxylic acids is 1. The second-order valence-electron chi connectivity index (χ2n) is 2.82. The van der Waals surface area contributed by atoms with Gasteiger partial charge in [-0.1, -0.05) is 6.42 Å². The molecule has 1 aliphatic carbocycles. The van der Waals surface area contributed by atoms with Crippen molar-refractivity contribution in [3.05, 3.63) is 0 Å². The Kier molecular flexibility index (Phi) is 2.27. The summed E-state index contributed by atoms with van der Waals surface area (Å²) in [6.07, 6.45) is 2.55. The van der Waals surface area contributed by atoms with Crippen molar-refractivity contribution in [3.8, 4) is 0 Å².